The maximum absolute atomic E-state index is 13.2. The molecule has 0 amide bonds. The first kappa shape index (κ1) is 16.2. The maximum Gasteiger partial charge on any atom is 0.344 e. The Morgan fingerprint density at radius 3 is 2.81 bits per heavy atom. The Kier molecular flexibility index (Phi) is 3.01. The quantitative estimate of drug-likeness (QED) is 0.736. The van der Waals surface area contributed by atoms with Gasteiger partial charge in [-0.05, 0) is 26.0 Å². The summed E-state index contributed by atoms with van der Waals surface area (Å²) in [6.45, 7) is 3.53. The molecule has 1 spiro atoms. The number of ketones is 1. The minimum Gasteiger partial charge on any atom is -0.467 e. The Morgan fingerprint density at radius 1 is 1.31 bits per heavy atom. The van der Waals surface area contributed by atoms with E-state index in [1.807, 2.05) is 6.07 Å². The lowest BCUT2D eigenvalue weighted by Crippen LogP contribution is -2.67. The van der Waals surface area contributed by atoms with E-state index in [0.29, 0.717) is 11.3 Å². The Balaban J connectivity index is 1.66. The Morgan fingerprint density at radius 2 is 2.08 bits per heavy atom. The van der Waals surface area contributed by atoms with Gasteiger partial charge in [-0.2, -0.15) is 0 Å². The summed E-state index contributed by atoms with van der Waals surface area (Å²) in [7, 11) is 1.28. The number of carbonyl (C=O) groups excluding carboxylic acids is 2. The van der Waals surface area contributed by atoms with E-state index in [0.717, 1.165) is 0 Å². The minimum atomic E-state index is -1.59. The summed E-state index contributed by atoms with van der Waals surface area (Å²) in [6, 6.07) is 7.08. The van der Waals surface area contributed by atoms with E-state index in [1.54, 1.807) is 32.0 Å². The summed E-state index contributed by atoms with van der Waals surface area (Å²) in [5.41, 5.74) is -2.05. The smallest absolute Gasteiger partial charge is 0.344 e. The van der Waals surface area contributed by atoms with Crippen molar-refractivity contribution in [3.8, 4) is 0 Å². The second kappa shape index (κ2) is 4.83. The van der Waals surface area contributed by atoms with E-state index in [4.69, 9.17) is 23.7 Å². The summed E-state index contributed by atoms with van der Waals surface area (Å²) in [5.74, 6) is -1.96. The molecule has 5 rings (SSSR count). The molecule has 5 atom stereocenters. The van der Waals surface area contributed by atoms with Gasteiger partial charge in [-0.25, -0.2) is 4.79 Å². The summed E-state index contributed by atoms with van der Waals surface area (Å²) in [4.78, 5) is 26.1. The molecule has 1 N–H and O–H groups in total. The van der Waals surface area contributed by atoms with Gasteiger partial charge in [-0.15, -0.1) is 0 Å². The van der Waals surface area contributed by atoms with Crippen LogP contribution in [0.4, 0.5) is 5.69 Å². The van der Waals surface area contributed by atoms with Crippen molar-refractivity contribution in [1.82, 2.24) is 0 Å². The molecule has 8 heteroatoms. The molecule has 4 heterocycles. The third-order valence-electron chi connectivity index (χ3n) is 5.46. The Hall–Kier alpha value is -2.00. The van der Waals surface area contributed by atoms with Crippen LogP contribution in [0.2, 0.25) is 0 Å². The van der Waals surface area contributed by atoms with Crippen LogP contribution >= 0.6 is 0 Å². The van der Waals surface area contributed by atoms with Crippen molar-refractivity contribution in [2.24, 2.45) is 0 Å². The van der Waals surface area contributed by atoms with E-state index >= 15 is 0 Å². The standard InChI is InChI=1S/C18H19NO7/c1-16(2)25-13-11-8-23-18(12(20)9-6-4-5-7-10(9)19-18)14(24-11)17(13,26-16)15(21)22-3/h4-7,11,13-14,19H,8H2,1-3H3/t11-,13-,14-,17-,18?/m0/s1. The largest absolute Gasteiger partial charge is 0.467 e. The predicted molar refractivity (Wildman–Crippen MR) is 86.5 cm³/mol. The van der Waals surface area contributed by atoms with E-state index in [2.05, 4.69) is 5.32 Å². The van der Waals surface area contributed by atoms with Crippen molar-refractivity contribution in [3.05, 3.63) is 29.8 Å². The van der Waals surface area contributed by atoms with E-state index in [9.17, 15) is 9.59 Å². The first-order valence-corrected chi connectivity index (χ1v) is 8.52. The number of ether oxygens (including phenoxy) is 5. The van der Waals surface area contributed by atoms with Gasteiger partial charge in [0.15, 0.2) is 11.9 Å². The van der Waals surface area contributed by atoms with Crippen molar-refractivity contribution < 1.29 is 33.3 Å². The molecule has 0 aliphatic carbocycles. The fourth-order valence-corrected chi connectivity index (χ4v) is 4.56. The van der Waals surface area contributed by atoms with Gasteiger partial charge in [0.1, 0.15) is 12.2 Å². The van der Waals surface area contributed by atoms with Crippen molar-refractivity contribution in [3.63, 3.8) is 0 Å². The molecule has 1 aromatic rings. The third-order valence-corrected chi connectivity index (χ3v) is 5.46. The molecule has 0 radical (unpaired) electrons. The highest BCUT2D eigenvalue weighted by Gasteiger charge is 2.79. The average Bonchev–Trinajstić information content (AvgIpc) is 3.16. The van der Waals surface area contributed by atoms with Crippen LogP contribution < -0.4 is 5.32 Å². The van der Waals surface area contributed by atoms with Crippen LogP contribution in [0.1, 0.15) is 24.2 Å². The second-order valence-corrected chi connectivity index (χ2v) is 7.43. The third kappa shape index (κ3) is 1.72. The van der Waals surface area contributed by atoms with Crippen molar-refractivity contribution in [2.75, 3.05) is 19.0 Å². The van der Waals surface area contributed by atoms with E-state index in [1.165, 1.54) is 7.11 Å². The lowest BCUT2D eigenvalue weighted by Gasteiger charge is -2.42. The van der Waals surface area contributed by atoms with Gasteiger partial charge >= 0.3 is 5.97 Å². The average molecular weight is 361 g/mol. The molecule has 3 saturated heterocycles. The normalized spacial score (nSPS) is 41.7. The number of carbonyl (C=O) groups is 2. The number of hydrogen-bond acceptors (Lipinski definition) is 8. The number of Topliss-reactive ketones (excluding diaryl/α,β-unsaturated/α-hetero) is 1. The lowest BCUT2D eigenvalue weighted by molar-refractivity contribution is -0.259. The molecule has 4 aliphatic rings. The number of esters is 1. The fourth-order valence-electron chi connectivity index (χ4n) is 4.56. The molecule has 3 fully saturated rings. The van der Waals surface area contributed by atoms with Crippen LogP contribution in [0.15, 0.2) is 24.3 Å². The van der Waals surface area contributed by atoms with Gasteiger partial charge in [0, 0.05) is 11.3 Å². The molecule has 2 bridgehead atoms. The number of anilines is 1. The number of methoxy groups -OCH3 is 1. The Labute approximate surface area is 149 Å². The maximum atomic E-state index is 13.2. The molecule has 138 valence electrons. The van der Waals surface area contributed by atoms with Crippen LogP contribution in [0.5, 0.6) is 0 Å². The summed E-state index contributed by atoms with van der Waals surface area (Å²) in [6.07, 6.45) is -2.31. The molecular weight excluding hydrogens is 342 g/mol. The Bertz CT molecular complexity index is 824. The lowest BCUT2D eigenvalue weighted by atomic mass is 9.84. The highest BCUT2D eigenvalue weighted by Crippen LogP contribution is 2.55. The molecule has 1 aromatic carbocycles. The summed E-state index contributed by atoms with van der Waals surface area (Å²) in [5, 5.41) is 3.13. The van der Waals surface area contributed by atoms with Gasteiger partial charge in [0.25, 0.3) is 0 Å². The molecule has 26 heavy (non-hydrogen) atoms. The number of nitrogens with one attached hydrogen (secondary N) is 1. The number of para-hydroxylation sites is 1. The van der Waals surface area contributed by atoms with Crippen molar-refractivity contribution >= 4 is 17.4 Å². The van der Waals surface area contributed by atoms with Gasteiger partial charge in [0.05, 0.1) is 13.7 Å². The molecule has 1 unspecified atom stereocenters. The summed E-state index contributed by atoms with van der Waals surface area (Å²) >= 11 is 0. The molecule has 0 aromatic heterocycles. The van der Waals surface area contributed by atoms with Crippen LogP contribution in [0.3, 0.4) is 0 Å². The second-order valence-electron chi connectivity index (χ2n) is 7.43. The molecular formula is C18H19NO7. The molecule has 8 nitrogen and oxygen atoms in total. The highest BCUT2D eigenvalue weighted by molar-refractivity contribution is 6.13. The van der Waals surface area contributed by atoms with Crippen molar-refractivity contribution in [1.29, 1.82) is 0 Å². The van der Waals surface area contributed by atoms with Gasteiger partial charge in [-0.1, -0.05) is 12.1 Å². The number of hydrogen-bond donors (Lipinski definition) is 1. The first-order chi connectivity index (χ1) is 12.3. The first-order valence-electron chi connectivity index (χ1n) is 8.52. The zero-order valence-corrected chi connectivity index (χ0v) is 14.6. The zero-order valence-electron chi connectivity index (χ0n) is 14.6. The van der Waals surface area contributed by atoms with Gasteiger partial charge < -0.3 is 29.0 Å². The number of benzene rings is 1. The van der Waals surface area contributed by atoms with Crippen molar-refractivity contribution in [2.45, 2.75) is 49.3 Å². The molecule has 4 aliphatic heterocycles. The SMILES string of the molecule is COC(=O)[C@]12OC(C)(C)O[C@H]1[C@@H]1COC3(Nc4ccccc4C3=O)[C@H]2O1. The fraction of sp³-hybridized carbons (Fsp3) is 0.556. The monoisotopic (exact) mass is 361 g/mol. The zero-order chi connectivity index (χ0) is 18.3. The highest BCUT2D eigenvalue weighted by atomic mass is 16.8. The minimum absolute atomic E-state index is 0.0894. The van der Waals surface area contributed by atoms with Crippen LogP contribution in [0.25, 0.3) is 0 Å². The van der Waals surface area contributed by atoms with E-state index < -0.39 is 41.4 Å². The predicted octanol–water partition coefficient (Wildman–Crippen LogP) is 0.852. The number of fused-ring (bicyclic) bond motifs is 7. The van der Waals surface area contributed by atoms with Crippen LogP contribution in [-0.4, -0.2) is 60.9 Å². The summed E-state index contributed by atoms with van der Waals surface area (Å²) < 4.78 is 29.1. The van der Waals surface area contributed by atoms with E-state index in [-0.39, 0.29) is 12.4 Å². The van der Waals surface area contributed by atoms with Crippen LogP contribution in [-0.2, 0) is 28.5 Å². The van der Waals surface area contributed by atoms with Gasteiger partial charge in [-0.3, -0.25) is 4.79 Å². The topological polar surface area (TPSA) is 92.3 Å². The number of rotatable bonds is 1. The molecule has 0 saturated carbocycles. The van der Waals surface area contributed by atoms with Crippen LogP contribution in [0, 0.1) is 0 Å². The van der Waals surface area contributed by atoms with Gasteiger partial charge in [0.2, 0.25) is 17.1 Å².